The zero-order chi connectivity index (χ0) is 25.4. The Labute approximate surface area is 216 Å². The first kappa shape index (κ1) is 23.5. The first-order valence-corrected chi connectivity index (χ1v) is 13.1. The first-order chi connectivity index (χ1) is 18.0. The molecule has 4 aromatic rings. The Balaban J connectivity index is 1.12. The van der Waals surface area contributed by atoms with Crippen LogP contribution in [0.5, 0.6) is 0 Å². The number of amides is 1. The van der Waals surface area contributed by atoms with Gasteiger partial charge in [0.2, 0.25) is 11.9 Å². The SMILES string of the molecule is Cc1cc(-c2ccc3nc(Nc4cc(C(C)N5CCN(C(=O)C6CCC6)CC5)ccn4)[nH]c3c2)ncn1. The number of hydrogen-bond donors (Lipinski definition) is 2. The van der Waals surface area contributed by atoms with E-state index in [9.17, 15) is 4.79 Å². The Morgan fingerprint density at radius 1 is 1.05 bits per heavy atom. The molecule has 0 spiro atoms. The van der Waals surface area contributed by atoms with Gasteiger partial charge in [0.05, 0.1) is 16.7 Å². The molecule has 1 amide bonds. The number of rotatable bonds is 6. The molecule has 1 aromatic carbocycles. The van der Waals surface area contributed by atoms with Crippen molar-refractivity contribution >= 4 is 28.7 Å². The fourth-order valence-electron chi connectivity index (χ4n) is 5.19. The normalized spacial score (nSPS) is 17.5. The third kappa shape index (κ3) is 4.91. The number of imidazole rings is 1. The van der Waals surface area contributed by atoms with E-state index in [2.05, 4.69) is 65.2 Å². The predicted octanol–water partition coefficient (Wildman–Crippen LogP) is 4.47. The van der Waals surface area contributed by atoms with Gasteiger partial charge >= 0.3 is 0 Å². The van der Waals surface area contributed by atoms with E-state index in [-0.39, 0.29) is 12.0 Å². The van der Waals surface area contributed by atoms with Crippen LogP contribution in [0.1, 0.15) is 43.5 Å². The van der Waals surface area contributed by atoms with Gasteiger partial charge in [-0.25, -0.2) is 19.9 Å². The summed E-state index contributed by atoms with van der Waals surface area (Å²) in [5.41, 5.74) is 5.81. The summed E-state index contributed by atoms with van der Waals surface area (Å²) in [4.78, 5) is 38.2. The zero-order valence-electron chi connectivity index (χ0n) is 21.3. The van der Waals surface area contributed by atoms with Gasteiger partial charge in [0.15, 0.2) is 0 Å². The molecule has 1 unspecified atom stereocenters. The summed E-state index contributed by atoms with van der Waals surface area (Å²) < 4.78 is 0. The smallest absolute Gasteiger partial charge is 0.225 e. The maximum Gasteiger partial charge on any atom is 0.225 e. The van der Waals surface area contributed by atoms with Gasteiger partial charge in [-0.2, -0.15) is 0 Å². The maximum atomic E-state index is 12.6. The second-order valence-corrected chi connectivity index (χ2v) is 10.1. The van der Waals surface area contributed by atoms with Crippen LogP contribution >= 0.6 is 0 Å². The van der Waals surface area contributed by atoms with Gasteiger partial charge in [-0.15, -0.1) is 0 Å². The molecule has 37 heavy (non-hydrogen) atoms. The van der Waals surface area contributed by atoms with E-state index < -0.39 is 0 Å². The number of hydrogen-bond acceptors (Lipinski definition) is 7. The highest BCUT2D eigenvalue weighted by atomic mass is 16.2. The van der Waals surface area contributed by atoms with Crippen molar-refractivity contribution in [3.8, 4) is 11.3 Å². The van der Waals surface area contributed by atoms with Crippen molar-refractivity contribution in [3.05, 3.63) is 60.2 Å². The summed E-state index contributed by atoms with van der Waals surface area (Å²) in [6.07, 6.45) is 6.75. The standard InChI is InChI=1S/C28H32N8O/c1-18-14-24(31-17-30-18)22-6-7-23-25(15-22)33-28(32-23)34-26-16-21(8-9-29-26)19(2)35-10-12-36(13-11-35)27(37)20-4-3-5-20/h6-9,14-17,19-20H,3-5,10-13H2,1-2H3,(H2,29,32,33,34). The van der Waals surface area contributed by atoms with Crippen LogP contribution < -0.4 is 5.32 Å². The van der Waals surface area contributed by atoms with Crippen LogP contribution in [-0.2, 0) is 4.79 Å². The van der Waals surface area contributed by atoms with Gasteiger partial charge in [-0.05, 0) is 62.6 Å². The average Bonchev–Trinajstić information content (AvgIpc) is 3.29. The molecule has 190 valence electrons. The minimum atomic E-state index is 0.235. The molecular weight excluding hydrogens is 464 g/mol. The number of nitrogens with zero attached hydrogens (tertiary/aromatic N) is 6. The lowest BCUT2D eigenvalue weighted by molar-refractivity contribution is -0.140. The molecule has 1 aliphatic carbocycles. The number of carbonyl (C=O) groups excluding carboxylic acids is 1. The van der Waals surface area contributed by atoms with E-state index in [0.717, 1.165) is 72.8 Å². The molecule has 1 aliphatic heterocycles. The predicted molar refractivity (Wildman–Crippen MR) is 143 cm³/mol. The van der Waals surface area contributed by atoms with E-state index in [1.807, 2.05) is 31.3 Å². The van der Waals surface area contributed by atoms with Gasteiger partial charge < -0.3 is 15.2 Å². The zero-order valence-corrected chi connectivity index (χ0v) is 21.3. The molecule has 3 aromatic heterocycles. The highest BCUT2D eigenvalue weighted by molar-refractivity contribution is 5.83. The summed E-state index contributed by atoms with van der Waals surface area (Å²) in [5.74, 6) is 2.03. The Morgan fingerprint density at radius 2 is 1.89 bits per heavy atom. The summed E-state index contributed by atoms with van der Waals surface area (Å²) in [6, 6.07) is 12.4. The number of nitrogens with one attached hydrogen (secondary N) is 2. The second-order valence-electron chi connectivity index (χ2n) is 10.1. The second kappa shape index (κ2) is 9.89. The van der Waals surface area contributed by atoms with E-state index in [0.29, 0.717) is 11.9 Å². The summed E-state index contributed by atoms with van der Waals surface area (Å²) in [7, 11) is 0. The fraction of sp³-hybridized carbons (Fsp3) is 0.393. The number of benzene rings is 1. The lowest BCUT2D eigenvalue weighted by Gasteiger charge is -2.40. The number of fused-ring (bicyclic) bond motifs is 1. The molecule has 2 N–H and O–H groups in total. The minimum absolute atomic E-state index is 0.235. The van der Waals surface area contributed by atoms with Gasteiger partial charge in [0.25, 0.3) is 0 Å². The molecule has 2 aliphatic rings. The number of aryl methyl sites for hydroxylation is 1. The highest BCUT2D eigenvalue weighted by Crippen LogP contribution is 2.30. The van der Waals surface area contributed by atoms with Crippen LogP contribution in [0.3, 0.4) is 0 Å². The molecule has 1 atom stereocenters. The number of anilines is 2. The largest absolute Gasteiger partial charge is 0.340 e. The number of piperazine rings is 1. The molecule has 2 fully saturated rings. The molecule has 1 saturated heterocycles. The van der Waals surface area contributed by atoms with Crippen LogP contribution in [0.15, 0.2) is 48.9 Å². The van der Waals surface area contributed by atoms with Gasteiger partial charge in [0.1, 0.15) is 12.1 Å². The van der Waals surface area contributed by atoms with Crippen LogP contribution in [0.25, 0.3) is 22.3 Å². The Bertz CT molecular complexity index is 1420. The molecule has 1 saturated carbocycles. The molecule has 9 nitrogen and oxygen atoms in total. The Hall–Kier alpha value is -3.85. The van der Waals surface area contributed by atoms with E-state index in [4.69, 9.17) is 0 Å². The number of H-pyrrole nitrogens is 1. The molecule has 0 bridgehead atoms. The number of pyridine rings is 1. The van der Waals surface area contributed by atoms with E-state index >= 15 is 0 Å². The quantitative estimate of drug-likeness (QED) is 0.406. The summed E-state index contributed by atoms with van der Waals surface area (Å²) in [6.45, 7) is 7.59. The van der Waals surface area contributed by atoms with Crippen molar-refractivity contribution in [1.82, 2.24) is 34.7 Å². The van der Waals surface area contributed by atoms with Crippen LogP contribution in [-0.4, -0.2) is 66.8 Å². The number of aromatic nitrogens is 5. The third-order valence-corrected chi connectivity index (χ3v) is 7.72. The van der Waals surface area contributed by atoms with E-state index in [1.165, 1.54) is 12.0 Å². The molecule has 4 heterocycles. The monoisotopic (exact) mass is 496 g/mol. The summed E-state index contributed by atoms with van der Waals surface area (Å²) >= 11 is 0. The van der Waals surface area contributed by atoms with Crippen LogP contribution in [0.2, 0.25) is 0 Å². The van der Waals surface area contributed by atoms with Crippen molar-refractivity contribution in [3.63, 3.8) is 0 Å². The van der Waals surface area contributed by atoms with Crippen molar-refractivity contribution in [2.75, 3.05) is 31.5 Å². The van der Waals surface area contributed by atoms with Crippen LogP contribution in [0.4, 0.5) is 11.8 Å². The fourth-order valence-corrected chi connectivity index (χ4v) is 5.19. The molecule has 0 radical (unpaired) electrons. The lowest BCUT2D eigenvalue weighted by Crippen LogP contribution is -2.51. The van der Waals surface area contributed by atoms with Gasteiger partial charge in [-0.1, -0.05) is 12.5 Å². The van der Waals surface area contributed by atoms with E-state index in [1.54, 1.807) is 6.33 Å². The molecular formula is C28H32N8O. The van der Waals surface area contributed by atoms with Crippen molar-refractivity contribution in [2.24, 2.45) is 5.92 Å². The number of aromatic amines is 1. The first-order valence-electron chi connectivity index (χ1n) is 13.1. The van der Waals surface area contributed by atoms with Crippen molar-refractivity contribution in [1.29, 1.82) is 0 Å². The third-order valence-electron chi connectivity index (χ3n) is 7.72. The van der Waals surface area contributed by atoms with Crippen LogP contribution in [0, 0.1) is 12.8 Å². The Morgan fingerprint density at radius 3 is 2.65 bits per heavy atom. The van der Waals surface area contributed by atoms with Gasteiger partial charge in [-0.3, -0.25) is 9.69 Å². The number of carbonyl (C=O) groups is 1. The van der Waals surface area contributed by atoms with Gasteiger partial charge in [0, 0.05) is 55.6 Å². The molecule has 9 heteroatoms. The lowest BCUT2D eigenvalue weighted by atomic mass is 9.84. The maximum absolute atomic E-state index is 12.6. The minimum Gasteiger partial charge on any atom is -0.340 e. The Kier molecular flexibility index (Phi) is 6.30. The summed E-state index contributed by atoms with van der Waals surface area (Å²) in [5, 5.41) is 3.33. The highest BCUT2D eigenvalue weighted by Gasteiger charge is 2.32. The molecule has 6 rings (SSSR count). The van der Waals surface area contributed by atoms with Crippen molar-refractivity contribution < 1.29 is 4.79 Å². The van der Waals surface area contributed by atoms with Crippen molar-refractivity contribution in [2.45, 2.75) is 39.2 Å². The topological polar surface area (TPSA) is 103 Å². The average molecular weight is 497 g/mol.